The van der Waals surface area contributed by atoms with Gasteiger partial charge in [0, 0.05) is 11.4 Å². The number of hydrogen-bond acceptors (Lipinski definition) is 5. The summed E-state index contributed by atoms with van der Waals surface area (Å²) < 4.78 is 7.64. The Balaban J connectivity index is 1.29. The van der Waals surface area contributed by atoms with E-state index in [4.69, 9.17) is 4.74 Å². The number of thioether (sulfide) groups is 1. The molecule has 0 fully saturated rings. The molecular formula is C23H21N3O2S. The Morgan fingerprint density at radius 2 is 1.52 bits per heavy atom. The molecule has 0 spiro atoms. The molecule has 1 aromatic heterocycles. The van der Waals surface area contributed by atoms with Gasteiger partial charge in [0.2, 0.25) is 0 Å². The average molecular weight is 404 g/mol. The molecule has 1 N–H and O–H groups in total. The number of nitrogens with zero attached hydrogens (tertiary/aromatic N) is 3. The molecule has 0 amide bonds. The smallest absolute Gasteiger partial charge is 0.195 e. The summed E-state index contributed by atoms with van der Waals surface area (Å²) in [4.78, 5) is 0. The van der Waals surface area contributed by atoms with Crippen molar-refractivity contribution in [3.8, 4) is 22.6 Å². The van der Waals surface area contributed by atoms with Gasteiger partial charge in [-0.2, -0.15) is 0 Å². The largest absolute Gasteiger partial charge is 0.491 e. The van der Waals surface area contributed by atoms with Crippen molar-refractivity contribution in [3.05, 3.63) is 91.3 Å². The molecular weight excluding hydrogens is 382 g/mol. The molecule has 5 nitrogen and oxygen atoms in total. The standard InChI is InChI=1S/C23H21N3O2S/c27-21(16-29-23-25-24-17-26(23)20-9-5-2-6-10-20)15-28-22-13-11-19(12-14-22)18-7-3-1-4-8-18/h1-14,17,21,27H,15-16H2. The molecule has 0 radical (unpaired) electrons. The van der Waals surface area contributed by atoms with Crippen molar-refractivity contribution in [2.75, 3.05) is 12.4 Å². The number of aromatic nitrogens is 3. The van der Waals surface area contributed by atoms with Crippen LogP contribution in [0.3, 0.4) is 0 Å². The van der Waals surface area contributed by atoms with E-state index in [0.29, 0.717) is 5.75 Å². The first-order chi connectivity index (χ1) is 14.3. The summed E-state index contributed by atoms with van der Waals surface area (Å²) >= 11 is 1.45. The third kappa shape index (κ3) is 5.04. The average Bonchev–Trinajstić information content (AvgIpc) is 3.26. The van der Waals surface area contributed by atoms with Crippen LogP contribution in [0.15, 0.2) is 96.4 Å². The van der Waals surface area contributed by atoms with E-state index in [-0.39, 0.29) is 6.61 Å². The lowest BCUT2D eigenvalue weighted by Crippen LogP contribution is -2.20. The van der Waals surface area contributed by atoms with Crippen molar-refractivity contribution >= 4 is 11.8 Å². The van der Waals surface area contributed by atoms with Gasteiger partial charge in [-0.15, -0.1) is 10.2 Å². The van der Waals surface area contributed by atoms with Crippen LogP contribution in [-0.2, 0) is 0 Å². The number of benzene rings is 3. The zero-order chi connectivity index (χ0) is 19.9. The molecule has 0 bridgehead atoms. The maximum absolute atomic E-state index is 10.3. The lowest BCUT2D eigenvalue weighted by atomic mass is 10.1. The van der Waals surface area contributed by atoms with Crippen molar-refractivity contribution in [2.45, 2.75) is 11.3 Å². The van der Waals surface area contributed by atoms with Gasteiger partial charge in [-0.25, -0.2) is 0 Å². The van der Waals surface area contributed by atoms with Crippen molar-refractivity contribution in [2.24, 2.45) is 0 Å². The lowest BCUT2D eigenvalue weighted by molar-refractivity contribution is 0.126. The van der Waals surface area contributed by atoms with Crippen molar-refractivity contribution in [1.29, 1.82) is 0 Å². The second kappa shape index (κ2) is 9.41. The lowest BCUT2D eigenvalue weighted by Gasteiger charge is -2.13. The van der Waals surface area contributed by atoms with E-state index in [0.717, 1.165) is 27.7 Å². The molecule has 4 rings (SSSR count). The predicted molar refractivity (Wildman–Crippen MR) is 115 cm³/mol. The highest BCUT2D eigenvalue weighted by atomic mass is 32.2. The van der Waals surface area contributed by atoms with Gasteiger partial charge in [0.15, 0.2) is 5.16 Å². The van der Waals surface area contributed by atoms with E-state index in [2.05, 4.69) is 22.3 Å². The van der Waals surface area contributed by atoms with Gasteiger partial charge >= 0.3 is 0 Å². The van der Waals surface area contributed by atoms with Crippen LogP contribution in [0.5, 0.6) is 5.75 Å². The normalized spacial score (nSPS) is 11.9. The highest BCUT2D eigenvalue weighted by Crippen LogP contribution is 2.23. The van der Waals surface area contributed by atoms with Gasteiger partial charge in [0.1, 0.15) is 18.7 Å². The van der Waals surface area contributed by atoms with Crippen LogP contribution in [0.4, 0.5) is 0 Å². The molecule has 0 aliphatic heterocycles. The van der Waals surface area contributed by atoms with Crippen molar-refractivity contribution in [3.63, 3.8) is 0 Å². The molecule has 0 aliphatic rings. The molecule has 0 aliphatic carbocycles. The van der Waals surface area contributed by atoms with Crippen LogP contribution in [0.1, 0.15) is 0 Å². The maximum atomic E-state index is 10.3. The molecule has 1 heterocycles. The van der Waals surface area contributed by atoms with E-state index < -0.39 is 6.10 Å². The number of aliphatic hydroxyl groups is 1. The minimum atomic E-state index is -0.616. The Bertz CT molecular complexity index is 1020. The fraction of sp³-hybridized carbons (Fsp3) is 0.130. The van der Waals surface area contributed by atoms with Crippen molar-refractivity contribution < 1.29 is 9.84 Å². The van der Waals surface area contributed by atoms with E-state index in [1.165, 1.54) is 11.8 Å². The Morgan fingerprint density at radius 1 is 0.862 bits per heavy atom. The summed E-state index contributed by atoms with van der Waals surface area (Å²) in [6.07, 6.45) is 1.06. The zero-order valence-electron chi connectivity index (χ0n) is 15.8. The molecule has 0 saturated heterocycles. The van der Waals surface area contributed by atoms with Crippen molar-refractivity contribution in [1.82, 2.24) is 14.8 Å². The van der Waals surface area contributed by atoms with Crippen LogP contribution in [0, 0.1) is 0 Å². The highest BCUT2D eigenvalue weighted by Gasteiger charge is 2.11. The van der Waals surface area contributed by atoms with Crippen LogP contribution in [-0.4, -0.2) is 38.3 Å². The zero-order valence-corrected chi connectivity index (χ0v) is 16.6. The van der Waals surface area contributed by atoms with Crippen LogP contribution >= 0.6 is 11.8 Å². The fourth-order valence-corrected chi connectivity index (χ4v) is 3.71. The minimum Gasteiger partial charge on any atom is -0.491 e. The Labute approximate surface area is 174 Å². The highest BCUT2D eigenvalue weighted by molar-refractivity contribution is 7.99. The third-order valence-electron chi connectivity index (χ3n) is 4.36. The SMILES string of the molecule is OC(COc1ccc(-c2ccccc2)cc1)CSc1nncn1-c1ccccc1. The summed E-state index contributed by atoms with van der Waals surface area (Å²) in [7, 11) is 0. The molecule has 1 unspecified atom stereocenters. The van der Waals surface area contributed by atoms with Crippen LogP contribution in [0.25, 0.3) is 16.8 Å². The predicted octanol–water partition coefficient (Wildman–Crippen LogP) is 4.47. The quantitative estimate of drug-likeness (QED) is 0.440. The number of para-hydroxylation sites is 1. The molecule has 0 saturated carbocycles. The number of ether oxygens (including phenoxy) is 1. The van der Waals surface area contributed by atoms with E-state index in [9.17, 15) is 5.11 Å². The first-order valence-corrected chi connectivity index (χ1v) is 10.3. The monoisotopic (exact) mass is 403 g/mol. The van der Waals surface area contributed by atoms with E-state index in [1.807, 2.05) is 77.4 Å². The Morgan fingerprint density at radius 3 is 2.24 bits per heavy atom. The Hall–Kier alpha value is -3.09. The summed E-state index contributed by atoms with van der Waals surface area (Å²) in [5.74, 6) is 1.20. The summed E-state index contributed by atoms with van der Waals surface area (Å²) in [5, 5.41) is 19.2. The van der Waals surface area contributed by atoms with Gasteiger partial charge in [0.25, 0.3) is 0 Å². The fourth-order valence-electron chi connectivity index (χ4n) is 2.87. The molecule has 4 aromatic rings. The summed E-state index contributed by atoms with van der Waals surface area (Å²) in [5.41, 5.74) is 3.29. The summed E-state index contributed by atoms with van der Waals surface area (Å²) in [6, 6.07) is 28.0. The Kier molecular flexibility index (Phi) is 6.24. The van der Waals surface area contributed by atoms with Gasteiger partial charge in [-0.1, -0.05) is 72.4 Å². The van der Waals surface area contributed by atoms with Gasteiger partial charge in [-0.05, 0) is 35.4 Å². The molecule has 1 atom stereocenters. The number of aliphatic hydroxyl groups excluding tert-OH is 1. The third-order valence-corrected chi connectivity index (χ3v) is 5.45. The number of rotatable bonds is 8. The molecule has 29 heavy (non-hydrogen) atoms. The maximum Gasteiger partial charge on any atom is 0.195 e. The minimum absolute atomic E-state index is 0.219. The van der Waals surface area contributed by atoms with Crippen LogP contribution < -0.4 is 4.74 Å². The first kappa shape index (κ1) is 19.2. The van der Waals surface area contributed by atoms with Gasteiger partial charge in [-0.3, -0.25) is 4.57 Å². The summed E-state index contributed by atoms with van der Waals surface area (Å²) in [6.45, 7) is 0.219. The topological polar surface area (TPSA) is 60.2 Å². The van der Waals surface area contributed by atoms with E-state index in [1.54, 1.807) is 6.33 Å². The molecule has 146 valence electrons. The first-order valence-electron chi connectivity index (χ1n) is 9.34. The van der Waals surface area contributed by atoms with Gasteiger partial charge < -0.3 is 9.84 Å². The van der Waals surface area contributed by atoms with E-state index >= 15 is 0 Å². The second-order valence-electron chi connectivity index (χ2n) is 6.49. The molecule has 3 aromatic carbocycles. The second-order valence-corrected chi connectivity index (χ2v) is 7.47. The molecule has 6 heteroatoms. The number of hydrogen-bond donors (Lipinski definition) is 1. The van der Waals surface area contributed by atoms with Crippen LogP contribution in [0.2, 0.25) is 0 Å². The van der Waals surface area contributed by atoms with Gasteiger partial charge in [0.05, 0.1) is 6.10 Å².